The maximum absolute atomic E-state index is 4.60. The lowest BCUT2D eigenvalue weighted by Gasteiger charge is -1.80. The van der Waals surface area contributed by atoms with Crippen molar-refractivity contribution >= 4 is 40.5 Å². The lowest BCUT2D eigenvalue weighted by atomic mass is 11.8. The van der Waals surface area contributed by atoms with Crippen molar-refractivity contribution in [1.29, 1.82) is 0 Å². The second-order valence-corrected chi connectivity index (χ2v) is 7.21. The minimum Gasteiger partial charge on any atom is -0.308 e. The Morgan fingerprint density at radius 2 is 2.17 bits per heavy atom. The van der Waals surface area contributed by atoms with Crippen LogP contribution in [-0.4, -0.2) is 7.11 Å². The van der Waals surface area contributed by atoms with Crippen LogP contribution in [-0.2, 0) is 33.6 Å². The van der Waals surface area contributed by atoms with Gasteiger partial charge in [-0.15, -0.1) is 0 Å². The fourth-order valence-corrected chi connectivity index (χ4v) is 1.64. The zero-order chi connectivity index (χ0) is 4.99. The van der Waals surface area contributed by atoms with Gasteiger partial charge >= 0.3 is 0 Å². The summed E-state index contributed by atoms with van der Waals surface area (Å²) in [6, 6.07) is 0. The fourth-order valence-electron chi connectivity index (χ4n) is 0.0609. The topological polar surface area (TPSA) is 9.23 Å². The smallest absolute Gasteiger partial charge is 0.0670 e. The summed E-state index contributed by atoms with van der Waals surface area (Å²) in [6.45, 7) is 0. The first-order chi connectivity index (χ1) is 2.77. The lowest BCUT2D eigenvalue weighted by Crippen LogP contribution is -1.60. The molecule has 38 valence electrons. The van der Waals surface area contributed by atoms with Crippen LogP contribution in [0.4, 0.5) is 0 Å². The highest BCUT2D eigenvalue weighted by Crippen LogP contribution is 1.97. The molecule has 0 heterocycles. The van der Waals surface area contributed by atoms with E-state index in [0.29, 0.717) is 0 Å². The highest BCUT2D eigenvalue weighted by molar-refractivity contribution is 8.89. The van der Waals surface area contributed by atoms with Crippen molar-refractivity contribution in [2.75, 3.05) is 7.11 Å². The zero-order valence-corrected chi connectivity index (χ0v) is 6.42. The van der Waals surface area contributed by atoms with Crippen molar-refractivity contribution in [2.24, 2.45) is 0 Å². The van der Waals surface area contributed by atoms with Gasteiger partial charge in [-0.3, -0.25) is 0 Å². The maximum Gasteiger partial charge on any atom is 0.0670 e. The zero-order valence-electron chi connectivity index (χ0n) is 3.08. The molecule has 0 N–H and O–H groups in total. The summed E-state index contributed by atoms with van der Waals surface area (Å²) in [4.78, 5) is 0. The van der Waals surface area contributed by atoms with Crippen LogP contribution >= 0.6 is 11.1 Å². The van der Waals surface area contributed by atoms with Crippen LogP contribution in [0, 0.1) is 0 Å². The van der Waals surface area contributed by atoms with Gasteiger partial charge in [-0.25, -0.2) is 0 Å². The summed E-state index contributed by atoms with van der Waals surface area (Å²) in [5.74, 6) is 0. The van der Waals surface area contributed by atoms with E-state index in [1.54, 1.807) is 7.11 Å². The highest BCUT2D eigenvalue weighted by atomic mass is 33.5. The number of rotatable bonds is 2. The van der Waals surface area contributed by atoms with Gasteiger partial charge in [0.1, 0.15) is 0 Å². The molecule has 6 heavy (non-hydrogen) atoms. The molecule has 0 rings (SSSR count). The van der Waals surface area contributed by atoms with Gasteiger partial charge < -0.3 is 4.18 Å². The Balaban J connectivity index is 3.07. The van der Waals surface area contributed by atoms with Gasteiger partial charge in [-0.05, 0) is 29.4 Å². The van der Waals surface area contributed by atoms with Gasteiger partial charge in [0.25, 0.3) is 0 Å². The molecule has 0 atom stereocenters. The monoisotopic (exact) mass is 160 g/mol. The van der Waals surface area contributed by atoms with Crippen molar-refractivity contribution in [1.82, 2.24) is 0 Å². The summed E-state index contributed by atoms with van der Waals surface area (Å²) in [7, 11) is 0.829. The summed E-state index contributed by atoms with van der Waals surface area (Å²) >= 11 is 10.4. The SMILES string of the molecule is COS[SH](=S)=S. The Bertz CT molecular complexity index is 75.5. The van der Waals surface area contributed by atoms with E-state index in [1.165, 1.54) is 11.1 Å². The van der Waals surface area contributed by atoms with Crippen LogP contribution < -0.4 is 0 Å². The quantitative estimate of drug-likeness (QED) is 0.357. The second-order valence-electron chi connectivity index (χ2n) is 0.465. The first-order valence-electron chi connectivity index (χ1n) is 1.12. The van der Waals surface area contributed by atoms with Gasteiger partial charge in [0, 0.05) is 0 Å². The van der Waals surface area contributed by atoms with Crippen LogP contribution in [0.1, 0.15) is 0 Å². The summed E-state index contributed by atoms with van der Waals surface area (Å²) in [5.41, 5.74) is 0. The molecule has 0 aliphatic rings. The predicted molar refractivity (Wildman–Crippen MR) is 38.1 cm³/mol. The summed E-state index contributed by atoms with van der Waals surface area (Å²) in [5, 5.41) is 0. The third-order valence-corrected chi connectivity index (χ3v) is 2.31. The molecule has 0 bridgehead atoms. The molecule has 0 saturated heterocycles. The molecule has 0 aliphatic heterocycles. The van der Waals surface area contributed by atoms with Crippen molar-refractivity contribution in [3.8, 4) is 0 Å². The minimum atomic E-state index is -0.739. The molecule has 0 unspecified atom stereocenters. The Morgan fingerprint density at radius 3 is 2.17 bits per heavy atom. The molecule has 0 spiro atoms. The van der Waals surface area contributed by atoms with Gasteiger partial charge in [0.15, 0.2) is 0 Å². The molecule has 5 heteroatoms. The van der Waals surface area contributed by atoms with Crippen LogP contribution in [0.5, 0.6) is 0 Å². The van der Waals surface area contributed by atoms with Crippen molar-refractivity contribution in [3.63, 3.8) is 0 Å². The third kappa shape index (κ3) is 5.10. The molecule has 0 fully saturated rings. The molecule has 0 aromatic rings. The second kappa shape index (κ2) is 4.26. The van der Waals surface area contributed by atoms with Crippen LogP contribution in [0.15, 0.2) is 0 Å². The number of hydrogen-bond acceptors (Lipinski definition) is 4. The Kier molecular flexibility index (Phi) is 5.05. The van der Waals surface area contributed by atoms with E-state index in [0.717, 1.165) is 0 Å². The average molecular weight is 160 g/mol. The number of thiol groups is 1. The van der Waals surface area contributed by atoms with E-state index in [4.69, 9.17) is 0 Å². The first-order valence-corrected chi connectivity index (χ1v) is 5.84. The van der Waals surface area contributed by atoms with Gasteiger partial charge in [-0.2, -0.15) is 0 Å². The highest BCUT2D eigenvalue weighted by Gasteiger charge is 1.68. The van der Waals surface area contributed by atoms with E-state index in [9.17, 15) is 0 Å². The van der Waals surface area contributed by atoms with Gasteiger partial charge in [-0.1, -0.05) is 0 Å². The summed E-state index contributed by atoms with van der Waals surface area (Å²) < 4.78 is 4.54. The molecule has 1 nitrogen and oxygen atoms in total. The third-order valence-electron chi connectivity index (χ3n) is 0.135. The molecule has 0 saturated carbocycles. The molecule has 0 amide bonds. The Labute approximate surface area is 51.9 Å². The molecule has 0 aliphatic carbocycles. The first kappa shape index (κ1) is 7.10. The average Bonchev–Trinajstić information content (AvgIpc) is 1.35. The fraction of sp³-hybridized carbons (Fsp3) is 1.00. The maximum atomic E-state index is 4.60. The van der Waals surface area contributed by atoms with E-state index in [1.807, 2.05) is 0 Å². The summed E-state index contributed by atoms with van der Waals surface area (Å²) in [6.07, 6.45) is 0. The minimum absolute atomic E-state index is 0.739. The van der Waals surface area contributed by atoms with Crippen LogP contribution in [0.3, 0.4) is 0 Å². The molecule has 0 aromatic carbocycles. The van der Waals surface area contributed by atoms with E-state index in [-0.39, 0.29) is 0 Å². The van der Waals surface area contributed by atoms with Crippen molar-refractivity contribution < 1.29 is 4.18 Å². The Morgan fingerprint density at radius 1 is 1.67 bits per heavy atom. The standard InChI is InChI=1S/CH4OS4/c1-2-5-6(3)4/h6H,1H3. The van der Waals surface area contributed by atoms with E-state index < -0.39 is 7.05 Å². The molecular weight excluding hydrogens is 156 g/mol. The largest absolute Gasteiger partial charge is 0.308 e. The number of hydrogen-bond donors (Lipinski definition) is 1. The van der Waals surface area contributed by atoms with E-state index in [2.05, 4.69) is 26.6 Å². The lowest BCUT2D eigenvalue weighted by molar-refractivity contribution is 0.498. The van der Waals surface area contributed by atoms with E-state index >= 15 is 0 Å². The van der Waals surface area contributed by atoms with Gasteiger partial charge in [0.05, 0.1) is 18.2 Å². The molecule has 0 aromatic heterocycles. The normalized spacial score (nSPS) is 9.67. The van der Waals surface area contributed by atoms with Crippen LogP contribution in [0.25, 0.3) is 0 Å². The predicted octanol–water partition coefficient (Wildman–Crippen LogP) is 0.470. The van der Waals surface area contributed by atoms with Crippen molar-refractivity contribution in [2.45, 2.75) is 0 Å². The van der Waals surface area contributed by atoms with Crippen LogP contribution in [0.2, 0.25) is 0 Å². The van der Waals surface area contributed by atoms with Crippen molar-refractivity contribution in [3.05, 3.63) is 0 Å². The Hall–Kier alpha value is 1.10. The molecule has 0 radical (unpaired) electrons. The molecular formula is CH4OS4. The van der Waals surface area contributed by atoms with Gasteiger partial charge in [0.2, 0.25) is 0 Å².